The third-order valence-electron chi connectivity index (χ3n) is 15.0. The predicted octanol–water partition coefficient (Wildman–Crippen LogP) is 8.94. The van der Waals surface area contributed by atoms with Gasteiger partial charge >= 0.3 is 0 Å². The van der Waals surface area contributed by atoms with Crippen molar-refractivity contribution in [3.8, 4) is 45.1 Å². The number of ether oxygens (including phenoxy) is 2. The Morgan fingerprint density at radius 1 is 0.711 bits per heavy atom. The molecule has 76 heavy (non-hydrogen) atoms. The number of rotatable bonds is 19. The van der Waals surface area contributed by atoms with E-state index in [1.807, 2.05) is 152 Å². The van der Waals surface area contributed by atoms with Crippen LogP contribution in [0.3, 0.4) is 0 Å². The molecule has 9 rings (SSSR count). The number of aromatic amines is 2. The summed E-state index contributed by atoms with van der Waals surface area (Å²) in [6, 6.07) is 23.4. The fourth-order valence-electron chi connectivity index (χ4n) is 11.4. The maximum Gasteiger partial charge on any atom is 0.250 e. The first-order valence-corrected chi connectivity index (χ1v) is 26.5. The highest BCUT2D eigenvalue weighted by Gasteiger charge is 2.41. The molecule has 3 aliphatic rings. The first-order valence-electron chi connectivity index (χ1n) is 26.5. The van der Waals surface area contributed by atoms with Crippen LogP contribution >= 0.6 is 0 Å². The molecule has 6 unspecified atom stereocenters. The number of likely N-dealkylation sites (tertiary alicyclic amines) is 1. The molecule has 4 amide bonds. The fourth-order valence-corrected chi connectivity index (χ4v) is 11.4. The lowest BCUT2D eigenvalue weighted by Gasteiger charge is -2.34. The van der Waals surface area contributed by atoms with Crippen LogP contribution in [0.4, 0.5) is 0 Å². The van der Waals surface area contributed by atoms with Gasteiger partial charge in [0.15, 0.2) is 0 Å². The van der Waals surface area contributed by atoms with E-state index >= 15 is 0 Å². The molecule has 0 saturated carbocycles. The van der Waals surface area contributed by atoms with E-state index in [0.717, 1.165) is 61.8 Å². The van der Waals surface area contributed by atoms with E-state index in [0.29, 0.717) is 61.9 Å². The van der Waals surface area contributed by atoms with Crippen molar-refractivity contribution < 1.29 is 28.7 Å². The van der Waals surface area contributed by atoms with Crippen LogP contribution in [0.25, 0.3) is 33.6 Å². The quantitative estimate of drug-likeness (QED) is 0.0572. The molecule has 3 aliphatic heterocycles. The van der Waals surface area contributed by atoms with E-state index in [1.165, 1.54) is 0 Å². The maximum absolute atomic E-state index is 14.7. The van der Waals surface area contributed by atoms with Crippen LogP contribution in [0.2, 0.25) is 0 Å². The fraction of sp³-hybridized carbons (Fsp3) is 0.400. The lowest BCUT2D eigenvalue weighted by atomic mass is 9.87. The Balaban J connectivity index is 0.945. The highest BCUT2D eigenvalue weighted by molar-refractivity contribution is 5.93. The van der Waals surface area contributed by atoms with Crippen molar-refractivity contribution in [2.45, 2.75) is 104 Å². The lowest BCUT2D eigenvalue weighted by Crippen LogP contribution is -2.51. The number of carbonyl (C=O) groups is 4. The number of nitrogens with zero attached hydrogens (tertiary/aromatic N) is 6. The van der Waals surface area contributed by atoms with Crippen molar-refractivity contribution in [1.29, 1.82) is 0 Å². The highest BCUT2D eigenvalue weighted by Crippen LogP contribution is 2.51. The number of benzene rings is 4. The summed E-state index contributed by atoms with van der Waals surface area (Å²) in [6.45, 7) is 17.9. The number of hydrogen-bond donors (Lipinski definition) is 4. The van der Waals surface area contributed by atoms with E-state index in [2.05, 4.69) is 39.3 Å². The van der Waals surface area contributed by atoms with E-state index in [-0.39, 0.29) is 35.5 Å². The van der Waals surface area contributed by atoms with Gasteiger partial charge in [-0.3, -0.25) is 29.0 Å². The minimum atomic E-state index is -0.903. The van der Waals surface area contributed by atoms with Gasteiger partial charge in [0.25, 0.3) is 5.91 Å². The molecule has 6 aromatic rings. The number of nitrogens with one attached hydrogen (secondary N) is 4. The summed E-state index contributed by atoms with van der Waals surface area (Å²) in [6.07, 6.45) is 4.87. The molecule has 1 saturated heterocycles. The molecule has 0 spiro atoms. The molecule has 398 valence electrons. The van der Waals surface area contributed by atoms with Gasteiger partial charge in [0, 0.05) is 46.5 Å². The Morgan fingerprint density at radius 3 is 1.72 bits per heavy atom. The Bertz CT molecular complexity index is 3040. The summed E-state index contributed by atoms with van der Waals surface area (Å²) < 4.78 is 13.1. The van der Waals surface area contributed by atoms with Gasteiger partial charge in [0.1, 0.15) is 54.5 Å². The number of aromatic nitrogens is 4. The van der Waals surface area contributed by atoms with E-state index in [4.69, 9.17) is 19.4 Å². The van der Waals surface area contributed by atoms with Gasteiger partial charge in [-0.1, -0.05) is 102 Å². The molecule has 4 aromatic carbocycles. The molecular weight excluding hydrogens is 957 g/mol. The molecule has 1 fully saturated rings. The summed E-state index contributed by atoms with van der Waals surface area (Å²) in [5.41, 5.74) is 9.43. The number of H-pyrrole nitrogens is 2. The van der Waals surface area contributed by atoms with Gasteiger partial charge in [-0.2, -0.15) is 0 Å². The van der Waals surface area contributed by atoms with Gasteiger partial charge < -0.3 is 39.9 Å². The SMILES string of the molecule is C=C1CCN(C(=O)C(NC(=O)C(C(C)C)N(C)C)c2ccccc2)C1c1ncc(-c2cc3c4c(c2)OCc2cc(-c5cnc(C(C)N(CCC)C(=O)C(NC(=O)C(C(C)C)N(C)C)c6ccccc6)[nH]5)cc(c2-4)OC3)[nH]1. The van der Waals surface area contributed by atoms with E-state index in [9.17, 15) is 19.2 Å². The first kappa shape index (κ1) is 53.3. The monoisotopic (exact) mass is 1030 g/mol. The van der Waals surface area contributed by atoms with Crippen LogP contribution in [0.1, 0.15) is 112 Å². The Hall–Kier alpha value is -7.56. The average molecular weight is 1030 g/mol. The average Bonchev–Trinajstić information content (AvgIpc) is 4.21. The molecule has 16 nitrogen and oxygen atoms in total. The predicted molar refractivity (Wildman–Crippen MR) is 294 cm³/mol. The molecule has 16 heteroatoms. The first-order chi connectivity index (χ1) is 36.4. The van der Waals surface area contributed by atoms with Gasteiger partial charge in [-0.15, -0.1) is 0 Å². The normalized spacial score (nSPS) is 16.7. The molecule has 0 aliphatic carbocycles. The zero-order valence-corrected chi connectivity index (χ0v) is 45.4. The van der Waals surface area contributed by atoms with Crippen molar-refractivity contribution in [3.63, 3.8) is 0 Å². The summed E-state index contributed by atoms with van der Waals surface area (Å²) in [7, 11) is 7.50. The van der Waals surface area contributed by atoms with E-state index in [1.54, 1.807) is 22.2 Å². The molecule has 4 N–H and O–H groups in total. The van der Waals surface area contributed by atoms with Gasteiger partial charge in [-0.05, 0) is 101 Å². The van der Waals surface area contributed by atoms with Crippen molar-refractivity contribution in [3.05, 3.63) is 143 Å². The topological polar surface area (TPSA) is 181 Å². The molecule has 6 atom stereocenters. The summed E-state index contributed by atoms with van der Waals surface area (Å²) >= 11 is 0. The number of carbonyl (C=O) groups excluding carboxylic acids is 4. The number of hydrogen-bond acceptors (Lipinski definition) is 10. The van der Waals surface area contributed by atoms with Crippen molar-refractivity contribution in [2.75, 3.05) is 41.3 Å². The standard InChI is InChI=1S/C60H72N10O6/c1-12-24-69(59(73)50(38-19-15-13-16-20-38)65-57(71)52(34(2)3)67(8)9)37(7)55-61-30-44(63-55)40-26-42-32-76-47-29-41(27-43-33-75-46(28-40)48(42)49(43)47)45-31-62-56(64-45)54-36(6)23-25-70(54)60(74)51(39-21-17-14-18-22-39)66-58(72)53(35(4)5)68(10)11/h13-22,26-31,34-35,37,50-54H,6,12,23-25,32-33H2,1-5,7-11H3,(H,61,63)(H,62,64)(H,65,71)(H,66,72). The minimum absolute atomic E-state index is 0.0265. The van der Waals surface area contributed by atoms with Crippen LogP contribution in [-0.4, -0.2) is 117 Å². The van der Waals surface area contributed by atoms with Gasteiger partial charge in [0.2, 0.25) is 17.7 Å². The summed E-state index contributed by atoms with van der Waals surface area (Å²) in [5.74, 6) is 1.88. The highest BCUT2D eigenvalue weighted by atomic mass is 16.5. The second-order valence-electron chi connectivity index (χ2n) is 21.5. The number of likely N-dealkylation sites (N-methyl/N-ethyl adjacent to an activating group) is 2. The molecule has 5 heterocycles. The van der Waals surface area contributed by atoms with Crippen molar-refractivity contribution in [1.82, 2.24) is 50.2 Å². The van der Waals surface area contributed by atoms with Crippen LogP contribution in [-0.2, 0) is 32.4 Å². The molecule has 0 radical (unpaired) electrons. The minimum Gasteiger partial charge on any atom is -0.488 e. The molecular formula is C60H72N10O6. The van der Waals surface area contributed by atoms with Crippen LogP contribution in [0.5, 0.6) is 11.5 Å². The molecule has 0 bridgehead atoms. The zero-order valence-electron chi connectivity index (χ0n) is 45.4. The summed E-state index contributed by atoms with van der Waals surface area (Å²) in [5, 5.41) is 6.22. The lowest BCUT2D eigenvalue weighted by molar-refractivity contribution is -0.140. The largest absolute Gasteiger partial charge is 0.488 e. The Kier molecular flexibility index (Phi) is 15.7. The Morgan fingerprint density at radius 2 is 1.21 bits per heavy atom. The molecule has 2 aromatic heterocycles. The van der Waals surface area contributed by atoms with E-state index < -0.39 is 36.3 Å². The van der Waals surface area contributed by atoms with Gasteiger partial charge in [0.05, 0.1) is 41.9 Å². The van der Waals surface area contributed by atoms with Crippen LogP contribution in [0.15, 0.2) is 109 Å². The smallest absolute Gasteiger partial charge is 0.250 e. The van der Waals surface area contributed by atoms with Crippen molar-refractivity contribution >= 4 is 23.6 Å². The number of imidazole rings is 2. The maximum atomic E-state index is 14.7. The zero-order chi connectivity index (χ0) is 54.1. The summed E-state index contributed by atoms with van der Waals surface area (Å²) in [4.78, 5) is 81.0. The second kappa shape index (κ2) is 22.3. The van der Waals surface area contributed by atoms with Crippen LogP contribution in [0, 0.1) is 11.8 Å². The van der Waals surface area contributed by atoms with Gasteiger partial charge in [-0.25, -0.2) is 9.97 Å². The third-order valence-corrected chi connectivity index (χ3v) is 15.0. The second-order valence-corrected chi connectivity index (χ2v) is 21.5. The van der Waals surface area contributed by atoms with Crippen LogP contribution < -0.4 is 20.1 Å². The Labute approximate surface area is 446 Å². The number of amides is 4. The van der Waals surface area contributed by atoms with Crippen molar-refractivity contribution in [2.24, 2.45) is 11.8 Å². The third kappa shape index (κ3) is 10.5.